The van der Waals surface area contributed by atoms with E-state index < -0.39 is 6.09 Å². The molecule has 0 saturated heterocycles. The summed E-state index contributed by atoms with van der Waals surface area (Å²) in [6.45, 7) is 0.229. The molecule has 4 aromatic rings. The van der Waals surface area contributed by atoms with Crippen molar-refractivity contribution in [3.05, 3.63) is 90.8 Å². The van der Waals surface area contributed by atoms with E-state index in [4.69, 9.17) is 4.74 Å². The maximum absolute atomic E-state index is 12.6. The zero-order chi connectivity index (χ0) is 17.1. The normalized spacial score (nSPS) is 10.7. The highest BCUT2D eigenvalue weighted by Gasteiger charge is 2.16. The van der Waals surface area contributed by atoms with Crippen molar-refractivity contribution in [2.75, 3.05) is 0 Å². The number of hydrogen-bond donors (Lipinski definition) is 0. The van der Waals surface area contributed by atoms with Crippen LogP contribution in [-0.4, -0.2) is 15.6 Å². The van der Waals surface area contributed by atoms with E-state index >= 15 is 0 Å². The molecule has 0 fully saturated rings. The number of nitrogens with zero attached hydrogens (tertiary/aromatic N) is 2. The molecule has 0 saturated carbocycles. The molecule has 2 aromatic carbocycles. The van der Waals surface area contributed by atoms with Crippen LogP contribution in [0.3, 0.4) is 0 Å². The van der Waals surface area contributed by atoms with Crippen molar-refractivity contribution in [3.8, 4) is 11.1 Å². The Kier molecular flexibility index (Phi) is 4.01. The molecular formula is C21H16N2O2. The lowest BCUT2D eigenvalue weighted by Gasteiger charge is -2.06. The van der Waals surface area contributed by atoms with E-state index in [0.29, 0.717) is 5.65 Å². The minimum absolute atomic E-state index is 0.229. The largest absolute Gasteiger partial charge is 0.444 e. The number of aromatic nitrogens is 2. The van der Waals surface area contributed by atoms with Crippen LogP contribution in [0, 0.1) is 0 Å². The monoisotopic (exact) mass is 328 g/mol. The number of ether oxygens (including phenoxy) is 1. The number of carbonyl (C=O) groups excluding carboxylic acids is 1. The van der Waals surface area contributed by atoms with E-state index in [1.54, 1.807) is 12.4 Å². The second kappa shape index (κ2) is 6.61. The Hall–Kier alpha value is -3.40. The second-order valence-electron chi connectivity index (χ2n) is 5.69. The average Bonchev–Trinajstić information content (AvgIpc) is 3.07. The van der Waals surface area contributed by atoms with Crippen LogP contribution in [0.1, 0.15) is 5.56 Å². The van der Waals surface area contributed by atoms with Crippen molar-refractivity contribution in [2.45, 2.75) is 6.61 Å². The molecule has 0 spiro atoms. The van der Waals surface area contributed by atoms with E-state index in [0.717, 1.165) is 22.1 Å². The number of hydrogen-bond acceptors (Lipinski definition) is 3. The van der Waals surface area contributed by atoms with Crippen LogP contribution >= 0.6 is 0 Å². The molecular weight excluding hydrogens is 312 g/mol. The van der Waals surface area contributed by atoms with Crippen molar-refractivity contribution in [3.63, 3.8) is 0 Å². The van der Waals surface area contributed by atoms with Crippen molar-refractivity contribution < 1.29 is 9.53 Å². The summed E-state index contributed by atoms with van der Waals surface area (Å²) in [7, 11) is 0. The first kappa shape index (κ1) is 15.1. The summed E-state index contributed by atoms with van der Waals surface area (Å²) < 4.78 is 6.93. The van der Waals surface area contributed by atoms with Gasteiger partial charge >= 0.3 is 6.09 Å². The molecule has 0 unspecified atom stereocenters. The number of carbonyl (C=O) groups is 1. The number of fused-ring (bicyclic) bond motifs is 1. The molecule has 0 aliphatic carbocycles. The van der Waals surface area contributed by atoms with Gasteiger partial charge in [-0.1, -0.05) is 60.7 Å². The van der Waals surface area contributed by atoms with E-state index in [9.17, 15) is 4.79 Å². The molecule has 0 atom stereocenters. The quantitative estimate of drug-likeness (QED) is 0.538. The zero-order valence-corrected chi connectivity index (χ0v) is 13.5. The molecule has 4 nitrogen and oxygen atoms in total. The van der Waals surface area contributed by atoms with Crippen molar-refractivity contribution >= 4 is 17.1 Å². The predicted molar refractivity (Wildman–Crippen MR) is 97.2 cm³/mol. The van der Waals surface area contributed by atoms with Crippen molar-refractivity contribution in [1.82, 2.24) is 9.55 Å². The van der Waals surface area contributed by atoms with Gasteiger partial charge in [0.1, 0.15) is 12.3 Å². The van der Waals surface area contributed by atoms with E-state index in [1.165, 1.54) is 4.57 Å². The predicted octanol–water partition coefficient (Wildman–Crippen LogP) is 4.89. The van der Waals surface area contributed by atoms with Gasteiger partial charge in [-0.05, 0) is 23.3 Å². The molecule has 4 heteroatoms. The molecule has 0 aliphatic heterocycles. The summed E-state index contributed by atoms with van der Waals surface area (Å²) in [6.07, 6.45) is 3.04. The van der Waals surface area contributed by atoms with Gasteiger partial charge in [0.2, 0.25) is 0 Å². The minimum Gasteiger partial charge on any atom is -0.444 e. The highest BCUT2D eigenvalue weighted by atomic mass is 16.5. The lowest BCUT2D eigenvalue weighted by molar-refractivity contribution is 0.142. The topological polar surface area (TPSA) is 44.1 Å². The van der Waals surface area contributed by atoms with Crippen LogP contribution in [0.4, 0.5) is 4.79 Å². The standard InChI is InChI=1S/C21H16N2O2/c24-21(25-15-16-8-3-1-4-9-16)23-14-19(17-10-5-2-6-11-17)18-12-7-13-22-20(18)23/h1-14H,15H2. The fraction of sp³-hybridized carbons (Fsp3) is 0.0476. The van der Waals surface area contributed by atoms with Crippen molar-refractivity contribution in [2.24, 2.45) is 0 Å². The SMILES string of the molecule is O=C(OCc1ccccc1)n1cc(-c2ccccc2)c2cccnc21. The van der Waals surface area contributed by atoms with E-state index in [1.807, 2.05) is 72.8 Å². The number of rotatable bonds is 3. The Labute approximate surface area is 145 Å². The number of pyridine rings is 1. The Morgan fingerprint density at radius 3 is 2.40 bits per heavy atom. The molecule has 0 aliphatic rings. The summed E-state index contributed by atoms with van der Waals surface area (Å²) in [4.78, 5) is 16.9. The Morgan fingerprint density at radius 1 is 0.920 bits per heavy atom. The molecule has 122 valence electrons. The maximum atomic E-state index is 12.6. The summed E-state index contributed by atoms with van der Waals surface area (Å²) in [5.41, 5.74) is 3.54. The van der Waals surface area contributed by atoms with Gasteiger partial charge in [0, 0.05) is 23.3 Å². The van der Waals surface area contributed by atoms with Gasteiger partial charge in [0.05, 0.1) is 0 Å². The van der Waals surface area contributed by atoms with Crippen LogP contribution < -0.4 is 0 Å². The first-order valence-corrected chi connectivity index (χ1v) is 8.05. The lowest BCUT2D eigenvalue weighted by atomic mass is 10.1. The fourth-order valence-corrected chi connectivity index (χ4v) is 2.83. The fourth-order valence-electron chi connectivity index (χ4n) is 2.83. The van der Waals surface area contributed by atoms with Crippen LogP contribution in [0.15, 0.2) is 85.2 Å². The summed E-state index contributed by atoms with van der Waals surface area (Å²) >= 11 is 0. The lowest BCUT2D eigenvalue weighted by Crippen LogP contribution is -2.13. The molecule has 2 aromatic heterocycles. The van der Waals surface area contributed by atoms with Crippen LogP contribution in [-0.2, 0) is 11.3 Å². The summed E-state index contributed by atoms with van der Waals surface area (Å²) in [5.74, 6) is 0. The van der Waals surface area contributed by atoms with Crippen LogP contribution in [0.2, 0.25) is 0 Å². The van der Waals surface area contributed by atoms with Crippen molar-refractivity contribution in [1.29, 1.82) is 0 Å². The summed E-state index contributed by atoms with van der Waals surface area (Å²) in [5, 5.41) is 0.922. The Balaban J connectivity index is 1.69. The van der Waals surface area contributed by atoms with E-state index in [-0.39, 0.29) is 6.61 Å². The Morgan fingerprint density at radius 2 is 1.64 bits per heavy atom. The molecule has 25 heavy (non-hydrogen) atoms. The molecule has 0 bridgehead atoms. The summed E-state index contributed by atoms with van der Waals surface area (Å²) in [6, 6.07) is 23.4. The van der Waals surface area contributed by atoms with Gasteiger partial charge in [-0.3, -0.25) is 0 Å². The highest BCUT2D eigenvalue weighted by Crippen LogP contribution is 2.29. The Bertz CT molecular complexity index is 1010. The molecule has 0 radical (unpaired) electrons. The average molecular weight is 328 g/mol. The highest BCUT2D eigenvalue weighted by molar-refractivity contribution is 5.98. The van der Waals surface area contributed by atoms with Crippen LogP contribution in [0.5, 0.6) is 0 Å². The maximum Gasteiger partial charge on any atom is 0.420 e. The molecule has 2 heterocycles. The third-order valence-electron chi connectivity index (χ3n) is 4.05. The molecule has 0 amide bonds. The first-order chi connectivity index (χ1) is 12.3. The van der Waals surface area contributed by atoms with Gasteiger partial charge in [-0.15, -0.1) is 0 Å². The third kappa shape index (κ3) is 3.02. The number of benzene rings is 2. The smallest absolute Gasteiger partial charge is 0.420 e. The third-order valence-corrected chi connectivity index (χ3v) is 4.05. The van der Waals surface area contributed by atoms with Gasteiger partial charge in [-0.2, -0.15) is 0 Å². The van der Waals surface area contributed by atoms with Gasteiger partial charge in [-0.25, -0.2) is 14.3 Å². The molecule has 4 rings (SSSR count). The zero-order valence-electron chi connectivity index (χ0n) is 13.5. The molecule has 0 N–H and O–H groups in total. The van der Waals surface area contributed by atoms with Gasteiger partial charge < -0.3 is 4.74 Å². The first-order valence-electron chi connectivity index (χ1n) is 8.05. The van der Waals surface area contributed by atoms with E-state index in [2.05, 4.69) is 4.98 Å². The second-order valence-corrected chi connectivity index (χ2v) is 5.69. The minimum atomic E-state index is -0.435. The van der Waals surface area contributed by atoms with Gasteiger partial charge in [0.15, 0.2) is 0 Å². The van der Waals surface area contributed by atoms with Crippen LogP contribution in [0.25, 0.3) is 22.2 Å². The van der Waals surface area contributed by atoms with Gasteiger partial charge in [0.25, 0.3) is 0 Å².